The maximum atomic E-state index is 12.4. The summed E-state index contributed by atoms with van der Waals surface area (Å²) < 4.78 is 0. The van der Waals surface area contributed by atoms with Gasteiger partial charge in [0, 0.05) is 31.9 Å². The maximum Gasteiger partial charge on any atom is 0.222 e. The van der Waals surface area contributed by atoms with Gasteiger partial charge in [0.25, 0.3) is 0 Å². The van der Waals surface area contributed by atoms with Crippen molar-refractivity contribution in [2.24, 2.45) is 17.3 Å². The fourth-order valence-electron chi connectivity index (χ4n) is 5.78. The fourth-order valence-corrected chi connectivity index (χ4v) is 5.78. The molecule has 1 heterocycles. The summed E-state index contributed by atoms with van der Waals surface area (Å²) in [6.45, 7) is 1.17. The summed E-state index contributed by atoms with van der Waals surface area (Å²) in [5.41, 5.74) is -0.449. The standard InChI is InChI=1S/C18H26N4O2/c23-15(19-4-5-22-16-20-2-1-3-21-16)11-17-7-13-6-14(8-17)10-18(24,9-13)12-17/h1-3,13-14,24H,4-12H2,(H,19,23)(H,20,21,22). The molecule has 130 valence electrons. The third-order valence-corrected chi connectivity index (χ3v) is 5.98. The van der Waals surface area contributed by atoms with Gasteiger partial charge in [-0.15, -0.1) is 0 Å². The summed E-state index contributed by atoms with van der Waals surface area (Å²) in [5, 5.41) is 16.9. The summed E-state index contributed by atoms with van der Waals surface area (Å²) >= 11 is 0. The van der Waals surface area contributed by atoms with Gasteiger partial charge in [0.05, 0.1) is 5.60 Å². The number of aromatic nitrogens is 2. The summed E-state index contributed by atoms with van der Waals surface area (Å²) in [7, 11) is 0. The molecule has 0 saturated heterocycles. The van der Waals surface area contributed by atoms with Crippen molar-refractivity contribution in [3.05, 3.63) is 18.5 Å². The predicted octanol–water partition coefficient (Wildman–Crippen LogP) is 1.73. The van der Waals surface area contributed by atoms with Crippen LogP contribution in [0.25, 0.3) is 0 Å². The van der Waals surface area contributed by atoms with Gasteiger partial charge in [-0.2, -0.15) is 0 Å². The molecule has 1 aromatic heterocycles. The molecule has 5 rings (SSSR count). The van der Waals surface area contributed by atoms with Gasteiger partial charge in [-0.25, -0.2) is 9.97 Å². The molecule has 0 spiro atoms. The van der Waals surface area contributed by atoms with Gasteiger partial charge in [-0.3, -0.25) is 4.79 Å². The Morgan fingerprint density at radius 3 is 2.54 bits per heavy atom. The Morgan fingerprint density at radius 1 is 1.17 bits per heavy atom. The first-order valence-electron chi connectivity index (χ1n) is 9.04. The zero-order valence-electron chi connectivity index (χ0n) is 14.0. The van der Waals surface area contributed by atoms with Gasteiger partial charge in [0.15, 0.2) is 0 Å². The Labute approximate surface area is 142 Å². The molecule has 0 aromatic carbocycles. The number of hydrogen-bond acceptors (Lipinski definition) is 5. The van der Waals surface area contributed by atoms with E-state index in [1.165, 1.54) is 6.42 Å². The Hall–Kier alpha value is -1.69. The van der Waals surface area contributed by atoms with Crippen LogP contribution in [0.1, 0.15) is 44.9 Å². The molecule has 4 fully saturated rings. The number of nitrogens with zero attached hydrogens (tertiary/aromatic N) is 2. The number of anilines is 1. The molecule has 6 nitrogen and oxygen atoms in total. The number of nitrogens with one attached hydrogen (secondary N) is 2. The monoisotopic (exact) mass is 330 g/mol. The third kappa shape index (κ3) is 3.24. The first kappa shape index (κ1) is 15.8. The number of carbonyl (C=O) groups excluding carboxylic acids is 1. The Balaban J connectivity index is 1.26. The number of rotatable bonds is 6. The molecule has 0 aliphatic heterocycles. The van der Waals surface area contributed by atoms with E-state index in [-0.39, 0.29) is 11.3 Å². The third-order valence-electron chi connectivity index (χ3n) is 5.98. The molecule has 6 heteroatoms. The van der Waals surface area contributed by atoms with Gasteiger partial charge in [-0.05, 0) is 61.8 Å². The minimum atomic E-state index is -0.490. The Morgan fingerprint density at radius 2 is 1.88 bits per heavy atom. The van der Waals surface area contributed by atoms with Crippen LogP contribution < -0.4 is 10.6 Å². The van der Waals surface area contributed by atoms with E-state index in [0.717, 1.165) is 32.1 Å². The molecule has 3 N–H and O–H groups in total. The van der Waals surface area contributed by atoms with E-state index in [1.54, 1.807) is 18.5 Å². The van der Waals surface area contributed by atoms with Crippen LogP contribution in [0.2, 0.25) is 0 Å². The van der Waals surface area contributed by atoms with Crippen LogP contribution >= 0.6 is 0 Å². The normalized spacial score (nSPS) is 36.5. The molecule has 24 heavy (non-hydrogen) atoms. The lowest BCUT2D eigenvalue weighted by Gasteiger charge is -2.60. The van der Waals surface area contributed by atoms with E-state index >= 15 is 0 Å². The number of carbonyl (C=O) groups is 1. The van der Waals surface area contributed by atoms with Crippen LogP contribution in [0.5, 0.6) is 0 Å². The highest BCUT2D eigenvalue weighted by molar-refractivity contribution is 5.76. The fraction of sp³-hybridized carbons (Fsp3) is 0.722. The molecule has 0 radical (unpaired) electrons. The lowest BCUT2D eigenvalue weighted by atomic mass is 9.47. The van der Waals surface area contributed by atoms with E-state index in [0.29, 0.717) is 37.3 Å². The van der Waals surface area contributed by atoms with Crippen LogP contribution in [0.3, 0.4) is 0 Å². The van der Waals surface area contributed by atoms with E-state index in [9.17, 15) is 9.90 Å². The minimum absolute atomic E-state index is 0.0406. The second-order valence-corrected chi connectivity index (χ2v) is 8.21. The van der Waals surface area contributed by atoms with Gasteiger partial charge in [-0.1, -0.05) is 0 Å². The van der Waals surface area contributed by atoms with Crippen LogP contribution in [0.15, 0.2) is 18.5 Å². The van der Waals surface area contributed by atoms with Gasteiger partial charge >= 0.3 is 0 Å². The SMILES string of the molecule is O=C(CC12CC3CC(CC(O)(C3)C1)C2)NCCNc1ncccn1. The lowest BCUT2D eigenvalue weighted by molar-refractivity contribution is -0.169. The van der Waals surface area contributed by atoms with Crippen molar-refractivity contribution in [3.8, 4) is 0 Å². The van der Waals surface area contributed by atoms with E-state index in [1.807, 2.05) is 0 Å². The smallest absolute Gasteiger partial charge is 0.222 e. The highest BCUT2D eigenvalue weighted by Crippen LogP contribution is 2.62. The Kier molecular flexibility index (Phi) is 3.95. The molecule has 4 saturated carbocycles. The second kappa shape index (κ2) is 5.99. The summed E-state index contributed by atoms with van der Waals surface area (Å²) in [6, 6.07) is 1.77. The van der Waals surface area contributed by atoms with Crippen LogP contribution in [-0.2, 0) is 4.79 Å². The van der Waals surface area contributed by atoms with Crippen LogP contribution in [-0.4, -0.2) is 39.7 Å². The van der Waals surface area contributed by atoms with E-state index in [4.69, 9.17) is 0 Å². The molecule has 4 aliphatic carbocycles. The summed E-state index contributed by atoms with van der Waals surface area (Å²) in [5.74, 6) is 1.94. The first-order chi connectivity index (χ1) is 11.5. The van der Waals surface area contributed by atoms with Crippen molar-refractivity contribution in [2.45, 2.75) is 50.5 Å². The largest absolute Gasteiger partial charge is 0.390 e. The average Bonchev–Trinajstić information content (AvgIpc) is 2.49. The molecule has 1 amide bonds. The van der Waals surface area contributed by atoms with Crippen molar-refractivity contribution >= 4 is 11.9 Å². The quantitative estimate of drug-likeness (QED) is 0.692. The Bertz CT molecular complexity index is 592. The van der Waals surface area contributed by atoms with Gasteiger partial charge in [0.1, 0.15) is 0 Å². The van der Waals surface area contributed by atoms with Gasteiger partial charge in [0.2, 0.25) is 11.9 Å². The van der Waals surface area contributed by atoms with Crippen molar-refractivity contribution in [2.75, 3.05) is 18.4 Å². The first-order valence-corrected chi connectivity index (χ1v) is 9.04. The van der Waals surface area contributed by atoms with Crippen molar-refractivity contribution < 1.29 is 9.90 Å². The van der Waals surface area contributed by atoms with Crippen molar-refractivity contribution in [1.29, 1.82) is 0 Å². The zero-order chi connectivity index (χ0) is 16.6. The average molecular weight is 330 g/mol. The molecule has 2 atom stereocenters. The number of hydrogen-bond donors (Lipinski definition) is 3. The zero-order valence-corrected chi connectivity index (χ0v) is 14.0. The van der Waals surface area contributed by atoms with Crippen molar-refractivity contribution in [3.63, 3.8) is 0 Å². The summed E-state index contributed by atoms with van der Waals surface area (Å²) in [4.78, 5) is 20.6. The van der Waals surface area contributed by atoms with E-state index < -0.39 is 5.60 Å². The van der Waals surface area contributed by atoms with Crippen LogP contribution in [0, 0.1) is 17.3 Å². The molecule has 2 unspecified atom stereocenters. The van der Waals surface area contributed by atoms with E-state index in [2.05, 4.69) is 20.6 Å². The highest BCUT2D eigenvalue weighted by Gasteiger charge is 2.57. The molecular formula is C18H26N4O2. The summed E-state index contributed by atoms with van der Waals surface area (Å²) in [6.07, 6.45) is 10.1. The second-order valence-electron chi connectivity index (χ2n) is 8.21. The van der Waals surface area contributed by atoms with Gasteiger partial charge < -0.3 is 15.7 Å². The predicted molar refractivity (Wildman–Crippen MR) is 90.2 cm³/mol. The maximum absolute atomic E-state index is 12.4. The van der Waals surface area contributed by atoms with Crippen molar-refractivity contribution in [1.82, 2.24) is 15.3 Å². The molecule has 4 aliphatic rings. The number of amides is 1. The lowest BCUT2D eigenvalue weighted by Crippen LogP contribution is -2.56. The minimum Gasteiger partial charge on any atom is -0.390 e. The molecule has 4 bridgehead atoms. The molecular weight excluding hydrogens is 304 g/mol. The highest BCUT2D eigenvalue weighted by atomic mass is 16.3. The van der Waals surface area contributed by atoms with Crippen LogP contribution in [0.4, 0.5) is 5.95 Å². The number of aliphatic hydroxyl groups is 1. The topological polar surface area (TPSA) is 87.1 Å². The molecule has 1 aromatic rings.